The summed E-state index contributed by atoms with van der Waals surface area (Å²) in [5, 5.41) is 13.8. The van der Waals surface area contributed by atoms with Crippen molar-refractivity contribution in [1.82, 2.24) is 9.88 Å². The van der Waals surface area contributed by atoms with E-state index in [1.165, 1.54) is 16.9 Å². The Morgan fingerprint density at radius 1 is 1.35 bits per heavy atom. The lowest BCUT2D eigenvalue weighted by molar-refractivity contribution is 0.0917. The molecule has 140 valence electrons. The van der Waals surface area contributed by atoms with Gasteiger partial charge >= 0.3 is 0 Å². The van der Waals surface area contributed by atoms with Crippen LogP contribution in [0.25, 0.3) is 5.00 Å². The zero-order valence-electron chi connectivity index (χ0n) is 14.9. The Morgan fingerprint density at radius 2 is 2.15 bits per heavy atom. The van der Waals surface area contributed by atoms with Crippen LogP contribution in [-0.4, -0.2) is 41.9 Å². The Kier molecular flexibility index (Phi) is 5.43. The van der Waals surface area contributed by atoms with Gasteiger partial charge in [0, 0.05) is 49.6 Å². The van der Waals surface area contributed by atoms with Crippen molar-refractivity contribution in [2.45, 2.75) is 32.1 Å². The number of aromatic nitrogens is 1. The van der Waals surface area contributed by atoms with Crippen molar-refractivity contribution in [2.24, 2.45) is 11.8 Å². The molecule has 0 aromatic carbocycles. The molecule has 0 saturated carbocycles. The fourth-order valence-electron chi connectivity index (χ4n) is 4.05. The quantitative estimate of drug-likeness (QED) is 0.817. The first-order valence-electron chi connectivity index (χ1n) is 9.52. The van der Waals surface area contributed by atoms with Crippen LogP contribution < -0.4 is 5.32 Å². The summed E-state index contributed by atoms with van der Waals surface area (Å²) in [4.78, 5) is 14.5. The molecule has 4 rings (SSSR count). The van der Waals surface area contributed by atoms with Crippen LogP contribution in [0.2, 0.25) is 0 Å². The number of fused-ring (bicyclic) bond motifs is 1. The molecule has 0 radical (unpaired) electrons. The molecule has 5 nitrogen and oxygen atoms in total. The zero-order chi connectivity index (χ0) is 17.9. The third-order valence-electron chi connectivity index (χ3n) is 5.61. The zero-order valence-corrected chi connectivity index (χ0v) is 15.8. The lowest BCUT2D eigenvalue weighted by atomic mass is 9.92. The molecule has 6 heteroatoms. The summed E-state index contributed by atoms with van der Waals surface area (Å²) in [7, 11) is 0. The van der Waals surface area contributed by atoms with E-state index in [2.05, 4.69) is 5.32 Å². The number of amides is 1. The molecule has 1 aliphatic carbocycles. The topological polar surface area (TPSA) is 63.5 Å². The minimum Gasteiger partial charge on any atom is -0.396 e. The summed E-state index contributed by atoms with van der Waals surface area (Å²) in [5.74, 6) is 0.386. The van der Waals surface area contributed by atoms with E-state index in [-0.39, 0.29) is 18.4 Å². The molecule has 1 saturated heterocycles. The highest BCUT2D eigenvalue weighted by Gasteiger charge is 2.29. The first-order valence-corrected chi connectivity index (χ1v) is 10.3. The van der Waals surface area contributed by atoms with Crippen molar-refractivity contribution >= 4 is 17.2 Å². The summed E-state index contributed by atoms with van der Waals surface area (Å²) in [6, 6.07) is 3.98. The third-order valence-corrected chi connectivity index (χ3v) is 6.91. The minimum absolute atomic E-state index is 0.00883. The van der Waals surface area contributed by atoms with Crippen LogP contribution in [-0.2, 0) is 17.6 Å². The number of carbonyl (C=O) groups is 1. The van der Waals surface area contributed by atoms with Crippen LogP contribution >= 0.6 is 11.3 Å². The van der Waals surface area contributed by atoms with Crippen LogP contribution in [0.5, 0.6) is 0 Å². The fourth-order valence-corrected chi connectivity index (χ4v) is 5.41. The maximum atomic E-state index is 13.1. The normalized spacial score (nSPS) is 20.7. The first kappa shape index (κ1) is 17.8. The molecule has 2 aromatic heterocycles. The minimum atomic E-state index is -0.00883. The fraction of sp³-hybridized carbons (Fsp3) is 0.550. The number of aliphatic hydroxyl groups excluding tert-OH is 1. The van der Waals surface area contributed by atoms with Gasteiger partial charge in [0.15, 0.2) is 0 Å². The van der Waals surface area contributed by atoms with Gasteiger partial charge in [-0.1, -0.05) is 0 Å². The average molecular weight is 375 g/mol. The molecule has 2 aliphatic rings. The van der Waals surface area contributed by atoms with Crippen LogP contribution in [0, 0.1) is 11.8 Å². The largest absolute Gasteiger partial charge is 0.396 e. The lowest BCUT2D eigenvalue weighted by Crippen LogP contribution is -2.35. The summed E-state index contributed by atoms with van der Waals surface area (Å²) in [6.45, 7) is 2.02. The Labute approximate surface area is 158 Å². The predicted molar refractivity (Wildman–Crippen MR) is 102 cm³/mol. The number of thiophene rings is 1. The highest BCUT2D eigenvalue weighted by atomic mass is 32.1. The second-order valence-corrected chi connectivity index (χ2v) is 8.34. The van der Waals surface area contributed by atoms with Gasteiger partial charge < -0.3 is 19.7 Å². The number of carbonyl (C=O) groups excluding carboxylic acids is 1. The number of aliphatic hydroxyl groups is 1. The molecule has 2 atom stereocenters. The van der Waals surface area contributed by atoms with Gasteiger partial charge in [-0.05, 0) is 55.7 Å². The third kappa shape index (κ3) is 3.46. The maximum absolute atomic E-state index is 13.1. The van der Waals surface area contributed by atoms with Gasteiger partial charge in [-0.2, -0.15) is 0 Å². The molecule has 0 spiro atoms. The number of nitrogens with one attached hydrogen (secondary N) is 1. The van der Waals surface area contributed by atoms with Gasteiger partial charge in [0.05, 0.1) is 5.56 Å². The van der Waals surface area contributed by atoms with E-state index in [9.17, 15) is 9.90 Å². The molecule has 1 amide bonds. The number of hydrogen-bond donors (Lipinski definition) is 2. The summed E-state index contributed by atoms with van der Waals surface area (Å²) in [6.07, 6.45) is 9.36. The van der Waals surface area contributed by atoms with Gasteiger partial charge in [-0.25, -0.2) is 0 Å². The number of nitrogens with zero attached hydrogens (tertiary/aromatic N) is 1. The Bertz CT molecular complexity index is 747. The van der Waals surface area contributed by atoms with Crippen molar-refractivity contribution < 1.29 is 14.6 Å². The van der Waals surface area contributed by atoms with Crippen molar-refractivity contribution in [1.29, 1.82) is 0 Å². The second kappa shape index (κ2) is 7.94. The average Bonchev–Trinajstić information content (AvgIpc) is 3.41. The highest BCUT2D eigenvalue weighted by Crippen LogP contribution is 2.37. The smallest absolute Gasteiger partial charge is 0.254 e. The van der Waals surface area contributed by atoms with Gasteiger partial charge in [0.1, 0.15) is 5.00 Å². The molecule has 26 heavy (non-hydrogen) atoms. The molecular formula is C20H26N2O3S. The molecule has 2 N–H and O–H groups in total. The van der Waals surface area contributed by atoms with E-state index in [0.29, 0.717) is 19.1 Å². The number of ether oxygens (including phenoxy) is 1. The van der Waals surface area contributed by atoms with Crippen LogP contribution in [0.4, 0.5) is 0 Å². The second-order valence-electron chi connectivity index (χ2n) is 7.26. The SMILES string of the molecule is O=C(NC[C@@H](CO)[C@H]1CCOC1)c1c(-n2cccc2)sc2c1CCCC2. The van der Waals surface area contributed by atoms with Gasteiger partial charge in [0.2, 0.25) is 0 Å². The number of hydrogen-bond acceptors (Lipinski definition) is 4. The van der Waals surface area contributed by atoms with Crippen LogP contribution in [0.15, 0.2) is 24.5 Å². The van der Waals surface area contributed by atoms with Gasteiger partial charge in [-0.3, -0.25) is 4.79 Å². The van der Waals surface area contributed by atoms with Crippen molar-refractivity contribution in [3.63, 3.8) is 0 Å². The molecule has 2 aromatic rings. The Hall–Kier alpha value is -1.63. The van der Waals surface area contributed by atoms with E-state index < -0.39 is 0 Å². The van der Waals surface area contributed by atoms with Crippen LogP contribution in [0.3, 0.4) is 0 Å². The standard InChI is InChI=1S/C20H26N2O3S/c23-12-15(14-7-10-25-13-14)11-21-19(24)18-16-5-1-2-6-17(16)26-20(18)22-8-3-4-9-22/h3-4,8-9,14-15,23H,1-2,5-7,10-13H2,(H,21,24)/t14-,15-/m0/s1. The molecule has 1 aliphatic heterocycles. The van der Waals surface area contributed by atoms with Crippen molar-refractivity contribution in [3.05, 3.63) is 40.5 Å². The predicted octanol–water partition coefficient (Wildman–Crippen LogP) is 2.79. The monoisotopic (exact) mass is 374 g/mol. The summed E-state index contributed by atoms with van der Waals surface area (Å²) < 4.78 is 7.48. The number of aryl methyl sites for hydroxylation is 1. The van der Waals surface area contributed by atoms with Crippen LogP contribution in [0.1, 0.15) is 40.1 Å². The maximum Gasteiger partial charge on any atom is 0.254 e. The van der Waals surface area contributed by atoms with Gasteiger partial charge in [0.25, 0.3) is 5.91 Å². The highest BCUT2D eigenvalue weighted by molar-refractivity contribution is 7.15. The molecule has 0 bridgehead atoms. The first-order chi connectivity index (χ1) is 12.8. The van der Waals surface area contributed by atoms with Crippen molar-refractivity contribution in [3.8, 4) is 5.00 Å². The summed E-state index contributed by atoms with van der Waals surface area (Å²) in [5.41, 5.74) is 2.06. The van der Waals surface area contributed by atoms with Gasteiger partial charge in [-0.15, -0.1) is 11.3 Å². The van der Waals surface area contributed by atoms with E-state index in [1.54, 1.807) is 11.3 Å². The summed E-state index contributed by atoms with van der Waals surface area (Å²) >= 11 is 1.75. The Balaban J connectivity index is 1.56. The van der Waals surface area contributed by atoms with E-state index in [4.69, 9.17) is 4.74 Å². The lowest BCUT2D eigenvalue weighted by Gasteiger charge is -2.21. The molecule has 3 heterocycles. The molecule has 1 fully saturated rings. The Morgan fingerprint density at radius 3 is 2.88 bits per heavy atom. The van der Waals surface area contributed by atoms with E-state index in [1.807, 2.05) is 29.1 Å². The molecular weight excluding hydrogens is 348 g/mol. The van der Waals surface area contributed by atoms with E-state index >= 15 is 0 Å². The van der Waals surface area contributed by atoms with Crippen molar-refractivity contribution in [2.75, 3.05) is 26.4 Å². The number of rotatable bonds is 6. The van der Waals surface area contributed by atoms with E-state index in [0.717, 1.165) is 42.9 Å². The molecule has 0 unspecified atom stereocenters.